The van der Waals surface area contributed by atoms with Crippen molar-refractivity contribution in [3.05, 3.63) is 16.6 Å². The van der Waals surface area contributed by atoms with Crippen LogP contribution in [0.5, 0.6) is 0 Å². The average molecular weight is 361 g/mol. The van der Waals surface area contributed by atoms with Gasteiger partial charge in [-0.05, 0) is 36.7 Å². The zero-order valence-corrected chi connectivity index (χ0v) is 15.6. The van der Waals surface area contributed by atoms with E-state index in [4.69, 9.17) is 0 Å². The highest BCUT2D eigenvalue weighted by atomic mass is 32.1. The van der Waals surface area contributed by atoms with Gasteiger partial charge in [0.1, 0.15) is 4.83 Å². The number of nitrogens with zero attached hydrogens (tertiary/aromatic N) is 3. The number of likely N-dealkylation sites (tertiary alicyclic amines) is 1. The fraction of sp³-hybridized carbons (Fsp3) is 0.611. The number of amides is 1. The second-order valence-electron chi connectivity index (χ2n) is 7.74. The number of aliphatic carboxylic acids is 1. The lowest BCUT2D eigenvalue weighted by atomic mass is 9.91. The number of aryl methyl sites for hydroxylation is 1. The van der Waals surface area contributed by atoms with Crippen molar-refractivity contribution in [1.29, 1.82) is 0 Å². The molecule has 1 unspecified atom stereocenters. The molecule has 134 valence electrons. The SMILES string of the molecule is CC(C)c1nn(C)c2sc(C(=O)N3CCC4(CC3)CC4C(=O)O)cc12. The van der Waals surface area contributed by atoms with Gasteiger partial charge in [0.25, 0.3) is 5.91 Å². The monoisotopic (exact) mass is 361 g/mol. The lowest BCUT2D eigenvalue weighted by molar-refractivity contribution is -0.139. The minimum absolute atomic E-state index is 0.0441. The van der Waals surface area contributed by atoms with Crippen LogP contribution in [0, 0.1) is 11.3 Å². The van der Waals surface area contributed by atoms with E-state index in [9.17, 15) is 14.7 Å². The number of hydrogen-bond donors (Lipinski definition) is 1. The smallest absolute Gasteiger partial charge is 0.307 e. The predicted molar refractivity (Wildman–Crippen MR) is 96.0 cm³/mol. The number of carbonyl (C=O) groups is 2. The first-order valence-electron chi connectivity index (χ1n) is 8.81. The molecule has 1 saturated heterocycles. The number of carbonyl (C=O) groups excluding carboxylic acids is 1. The van der Waals surface area contributed by atoms with Crippen molar-refractivity contribution in [2.24, 2.45) is 18.4 Å². The standard InChI is InChI=1S/C18H23N3O3S/c1-10(2)14-11-8-13(25-16(11)20(3)19-14)15(22)21-6-4-18(5-7-21)9-12(18)17(23)24/h8,10,12H,4-7,9H2,1-3H3,(H,23,24). The van der Waals surface area contributed by atoms with Crippen LogP contribution in [0.15, 0.2) is 6.07 Å². The van der Waals surface area contributed by atoms with E-state index in [2.05, 4.69) is 18.9 Å². The van der Waals surface area contributed by atoms with E-state index in [1.165, 1.54) is 11.3 Å². The molecule has 2 fully saturated rings. The zero-order valence-electron chi connectivity index (χ0n) is 14.8. The first kappa shape index (κ1) is 16.6. The van der Waals surface area contributed by atoms with E-state index >= 15 is 0 Å². The molecule has 2 aromatic rings. The zero-order chi connectivity index (χ0) is 17.9. The first-order chi connectivity index (χ1) is 11.8. The average Bonchev–Trinajstić information content (AvgIpc) is 2.96. The van der Waals surface area contributed by atoms with E-state index in [0.717, 1.165) is 40.1 Å². The molecule has 2 aromatic heterocycles. The Morgan fingerprint density at radius 3 is 2.60 bits per heavy atom. The molecule has 0 aromatic carbocycles. The predicted octanol–water partition coefficient (Wildman–Crippen LogP) is 3.09. The summed E-state index contributed by atoms with van der Waals surface area (Å²) in [6.45, 7) is 5.54. The summed E-state index contributed by atoms with van der Waals surface area (Å²) < 4.78 is 1.86. The van der Waals surface area contributed by atoms with Crippen LogP contribution in [0.1, 0.15) is 54.4 Å². The normalized spacial score (nSPS) is 22.1. The van der Waals surface area contributed by atoms with Crippen LogP contribution in [-0.2, 0) is 11.8 Å². The topological polar surface area (TPSA) is 75.4 Å². The summed E-state index contributed by atoms with van der Waals surface area (Å²) in [5.41, 5.74) is 0.991. The second-order valence-corrected chi connectivity index (χ2v) is 8.77. The van der Waals surface area contributed by atoms with E-state index in [1.807, 2.05) is 22.7 Å². The molecule has 6 nitrogen and oxygen atoms in total. The summed E-state index contributed by atoms with van der Waals surface area (Å²) >= 11 is 1.50. The highest BCUT2D eigenvalue weighted by molar-refractivity contribution is 7.20. The Hall–Kier alpha value is -1.89. The maximum absolute atomic E-state index is 12.9. The first-order valence-corrected chi connectivity index (χ1v) is 9.62. The Labute approximate surface area is 150 Å². The van der Waals surface area contributed by atoms with Gasteiger partial charge in [-0.1, -0.05) is 13.8 Å². The third kappa shape index (κ3) is 2.56. The number of carboxylic acid groups (broad SMARTS) is 1. The summed E-state index contributed by atoms with van der Waals surface area (Å²) in [6, 6.07) is 1.98. The molecule has 1 atom stereocenters. The van der Waals surface area contributed by atoms with Crippen LogP contribution in [-0.4, -0.2) is 44.8 Å². The fourth-order valence-electron chi connectivity index (χ4n) is 4.16. The minimum Gasteiger partial charge on any atom is -0.481 e. The lowest BCUT2D eigenvalue weighted by Gasteiger charge is -2.32. The molecular weight excluding hydrogens is 338 g/mol. The van der Waals surface area contributed by atoms with Crippen LogP contribution in [0.25, 0.3) is 10.2 Å². The van der Waals surface area contributed by atoms with Crippen molar-refractivity contribution in [2.75, 3.05) is 13.1 Å². The van der Waals surface area contributed by atoms with E-state index in [-0.39, 0.29) is 17.2 Å². The molecule has 1 amide bonds. The van der Waals surface area contributed by atoms with Crippen molar-refractivity contribution in [2.45, 2.75) is 39.0 Å². The van der Waals surface area contributed by atoms with Gasteiger partial charge in [0.15, 0.2) is 0 Å². The van der Waals surface area contributed by atoms with Gasteiger partial charge in [-0.25, -0.2) is 0 Å². The van der Waals surface area contributed by atoms with E-state index in [1.54, 1.807) is 0 Å². The Balaban J connectivity index is 1.51. The molecule has 3 heterocycles. The van der Waals surface area contributed by atoms with E-state index in [0.29, 0.717) is 19.0 Å². The molecule has 1 spiro atoms. The number of piperidine rings is 1. The van der Waals surface area contributed by atoms with Crippen LogP contribution in [0.4, 0.5) is 0 Å². The maximum atomic E-state index is 12.9. The van der Waals surface area contributed by atoms with Crippen LogP contribution in [0.3, 0.4) is 0 Å². The molecule has 2 aliphatic rings. The molecule has 25 heavy (non-hydrogen) atoms. The molecule has 7 heteroatoms. The summed E-state index contributed by atoms with van der Waals surface area (Å²) in [5, 5.41) is 14.8. The van der Waals surface area contributed by atoms with Crippen LogP contribution in [0.2, 0.25) is 0 Å². The van der Waals surface area contributed by atoms with Gasteiger partial charge in [-0.15, -0.1) is 11.3 Å². The van der Waals surface area contributed by atoms with Gasteiger partial charge in [0.05, 0.1) is 16.5 Å². The van der Waals surface area contributed by atoms with Gasteiger partial charge in [0.2, 0.25) is 0 Å². The molecule has 0 radical (unpaired) electrons. The largest absolute Gasteiger partial charge is 0.481 e. The van der Waals surface area contributed by atoms with Crippen molar-refractivity contribution in [1.82, 2.24) is 14.7 Å². The molecule has 1 aliphatic carbocycles. The summed E-state index contributed by atoms with van der Waals surface area (Å²) in [6.07, 6.45) is 2.38. The molecule has 4 rings (SSSR count). The van der Waals surface area contributed by atoms with E-state index < -0.39 is 5.97 Å². The van der Waals surface area contributed by atoms with Gasteiger partial charge >= 0.3 is 5.97 Å². The Bertz CT molecular complexity index is 858. The number of fused-ring (bicyclic) bond motifs is 1. The quantitative estimate of drug-likeness (QED) is 0.911. The number of hydrogen-bond acceptors (Lipinski definition) is 4. The third-order valence-electron chi connectivity index (χ3n) is 5.83. The minimum atomic E-state index is -0.682. The Morgan fingerprint density at radius 1 is 1.36 bits per heavy atom. The van der Waals surface area contributed by atoms with Gasteiger partial charge in [0, 0.05) is 25.5 Å². The Kier molecular flexibility index (Phi) is 3.68. The fourth-order valence-corrected chi connectivity index (χ4v) is 5.21. The van der Waals surface area contributed by atoms with Gasteiger partial charge < -0.3 is 10.0 Å². The van der Waals surface area contributed by atoms with Gasteiger partial charge in [-0.3, -0.25) is 14.3 Å². The number of thiophene rings is 1. The number of rotatable bonds is 3. The van der Waals surface area contributed by atoms with Crippen molar-refractivity contribution in [3.63, 3.8) is 0 Å². The summed E-state index contributed by atoms with van der Waals surface area (Å²) in [4.78, 5) is 27.7. The molecule has 1 aliphatic heterocycles. The third-order valence-corrected chi connectivity index (χ3v) is 7.02. The number of carboxylic acids is 1. The highest BCUT2D eigenvalue weighted by Gasteiger charge is 2.59. The second kappa shape index (κ2) is 5.56. The molecule has 1 saturated carbocycles. The van der Waals surface area contributed by atoms with Crippen molar-refractivity contribution in [3.8, 4) is 0 Å². The maximum Gasteiger partial charge on any atom is 0.307 e. The Morgan fingerprint density at radius 2 is 2.04 bits per heavy atom. The molecule has 1 N–H and O–H groups in total. The van der Waals surface area contributed by atoms with Crippen molar-refractivity contribution < 1.29 is 14.7 Å². The lowest BCUT2D eigenvalue weighted by Crippen LogP contribution is -2.39. The van der Waals surface area contributed by atoms with Crippen LogP contribution >= 0.6 is 11.3 Å². The summed E-state index contributed by atoms with van der Waals surface area (Å²) in [5.74, 6) is -0.496. The molecule has 0 bridgehead atoms. The number of aromatic nitrogens is 2. The van der Waals surface area contributed by atoms with Crippen LogP contribution < -0.4 is 0 Å². The van der Waals surface area contributed by atoms with Crippen molar-refractivity contribution >= 4 is 33.4 Å². The van der Waals surface area contributed by atoms with Gasteiger partial charge in [-0.2, -0.15) is 5.10 Å². The molecular formula is C18H23N3O3S. The highest BCUT2D eigenvalue weighted by Crippen LogP contribution is 2.59. The summed E-state index contributed by atoms with van der Waals surface area (Å²) in [7, 11) is 1.92.